The summed E-state index contributed by atoms with van der Waals surface area (Å²) in [5.41, 5.74) is 2.41. The Labute approximate surface area is 84.5 Å². The number of nitrogens with one attached hydrogen (secondary N) is 1. The third kappa shape index (κ3) is 2.13. The zero-order valence-corrected chi connectivity index (χ0v) is 7.98. The molecular weight excluding hydrogens is 170 g/mol. The molecular formula is C13H13N. The molecule has 0 atom stereocenters. The molecule has 0 aliphatic carbocycles. The molecule has 0 saturated carbocycles. The third-order valence-corrected chi connectivity index (χ3v) is 2.12. The normalized spacial score (nSPS) is 21.4. The molecule has 0 bridgehead atoms. The largest absolute Gasteiger partial charge is 0.381 e. The zero-order chi connectivity index (χ0) is 9.64. The molecule has 0 spiro atoms. The molecule has 1 N–H and O–H groups in total. The van der Waals surface area contributed by atoms with E-state index in [1.54, 1.807) is 0 Å². The number of hydrogen-bond acceptors (Lipinski definition) is 1. The van der Waals surface area contributed by atoms with Gasteiger partial charge < -0.3 is 5.32 Å². The average molecular weight is 183 g/mol. The van der Waals surface area contributed by atoms with Crippen LogP contribution >= 0.6 is 0 Å². The maximum atomic E-state index is 3.36. The van der Waals surface area contributed by atoms with Crippen LogP contribution in [0, 0.1) is 0 Å². The average Bonchev–Trinajstić information content (AvgIpc) is 2.25. The van der Waals surface area contributed by atoms with E-state index in [1.165, 1.54) is 11.3 Å². The van der Waals surface area contributed by atoms with Crippen LogP contribution in [0.4, 0.5) is 5.69 Å². The quantitative estimate of drug-likeness (QED) is 0.651. The first-order chi connectivity index (χ1) is 6.97. The van der Waals surface area contributed by atoms with Gasteiger partial charge in [-0.3, -0.25) is 0 Å². The minimum absolute atomic E-state index is 0.870. The van der Waals surface area contributed by atoms with Crippen molar-refractivity contribution in [3.05, 3.63) is 60.2 Å². The lowest BCUT2D eigenvalue weighted by molar-refractivity contribution is 1.33. The van der Waals surface area contributed by atoms with Crippen molar-refractivity contribution in [2.75, 3.05) is 11.9 Å². The fourth-order valence-corrected chi connectivity index (χ4v) is 1.41. The first kappa shape index (κ1) is 8.82. The maximum absolute atomic E-state index is 3.36. The van der Waals surface area contributed by atoms with E-state index in [0.29, 0.717) is 0 Å². The number of rotatable bonds is 0. The van der Waals surface area contributed by atoms with Crippen LogP contribution in [0.5, 0.6) is 0 Å². The van der Waals surface area contributed by atoms with E-state index < -0.39 is 0 Å². The molecule has 1 nitrogen and oxygen atoms in total. The van der Waals surface area contributed by atoms with Gasteiger partial charge in [0.05, 0.1) is 0 Å². The minimum atomic E-state index is 0.870. The van der Waals surface area contributed by atoms with Gasteiger partial charge in [0, 0.05) is 12.2 Å². The van der Waals surface area contributed by atoms with E-state index in [1.807, 2.05) is 24.3 Å². The molecule has 70 valence electrons. The molecule has 14 heavy (non-hydrogen) atoms. The molecule has 1 heteroatoms. The number of para-hydroxylation sites is 1. The second kappa shape index (κ2) is 4.47. The van der Waals surface area contributed by atoms with Gasteiger partial charge in [0.25, 0.3) is 0 Å². The third-order valence-electron chi connectivity index (χ3n) is 2.12. The van der Waals surface area contributed by atoms with E-state index in [-0.39, 0.29) is 0 Å². The summed E-state index contributed by atoms with van der Waals surface area (Å²) < 4.78 is 0. The van der Waals surface area contributed by atoms with Crippen molar-refractivity contribution in [2.24, 2.45) is 0 Å². The summed E-state index contributed by atoms with van der Waals surface area (Å²) in [6.07, 6.45) is 12.4. The summed E-state index contributed by atoms with van der Waals surface area (Å²) in [6.45, 7) is 0.870. The van der Waals surface area contributed by atoms with Crippen LogP contribution in [0.1, 0.15) is 5.56 Å². The van der Waals surface area contributed by atoms with E-state index in [2.05, 4.69) is 41.7 Å². The summed E-state index contributed by atoms with van der Waals surface area (Å²) in [4.78, 5) is 0. The van der Waals surface area contributed by atoms with Crippen LogP contribution in [-0.4, -0.2) is 6.54 Å². The van der Waals surface area contributed by atoms with Crippen LogP contribution in [0.3, 0.4) is 0 Å². The smallest absolute Gasteiger partial charge is 0.0416 e. The summed E-state index contributed by atoms with van der Waals surface area (Å²) >= 11 is 0. The summed E-state index contributed by atoms with van der Waals surface area (Å²) in [7, 11) is 0. The van der Waals surface area contributed by atoms with Crippen LogP contribution in [-0.2, 0) is 0 Å². The van der Waals surface area contributed by atoms with E-state index >= 15 is 0 Å². The van der Waals surface area contributed by atoms with Crippen LogP contribution in [0.2, 0.25) is 0 Å². The van der Waals surface area contributed by atoms with E-state index in [4.69, 9.17) is 0 Å². The van der Waals surface area contributed by atoms with Crippen molar-refractivity contribution in [1.82, 2.24) is 0 Å². The predicted molar refractivity (Wildman–Crippen MR) is 62.2 cm³/mol. The molecule has 1 heterocycles. The van der Waals surface area contributed by atoms with Crippen LogP contribution < -0.4 is 5.32 Å². The summed E-state index contributed by atoms with van der Waals surface area (Å²) in [5.74, 6) is 0. The summed E-state index contributed by atoms with van der Waals surface area (Å²) in [6, 6.07) is 8.30. The lowest BCUT2D eigenvalue weighted by Crippen LogP contribution is -1.99. The van der Waals surface area contributed by atoms with Crippen molar-refractivity contribution in [2.45, 2.75) is 0 Å². The molecule has 2 rings (SSSR count). The lowest BCUT2D eigenvalue weighted by atomic mass is 10.1. The Morgan fingerprint density at radius 1 is 0.929 bits per heavy atom. The van der Waals surface area contributed by atoms with Gasteiger partial charge in [-0.15, -0.1) is 0 Å². The first-order valence-corrected chi connectivity index (χ1v) is 4.79. The van der Waals surface area contributed by atoms with Crippen molar-refractivity contribution in [3.63, 3.8) is 0 Å². The van der Waals surface area contributed by atoms with Crippen molar-refractivity contribution in [1.29, 1.82) is 0 Å². The van der Waals surface area contributed by atoms with Gasteiger partial charge in [-0.2, -0.15) is 0 Å². The molecule has 0 fully saturated rings. The Balaban J connectivity index is 2.35. The Bertz CT molecular complexity index is 386. The van der Waals surface area contributed by atoms with Gasteiger partial charge in [-0.1, -0.05) is 54.7 Å². The van der Waals surface area contributed by atoms with Crippen LogP contribution in [0.15, 0.2) is 54.6 Å². The van der Waals surface area contributed by atoms with Gasteiger partial charge in [-0.25, -0.2) is 0 Å². The second-order valence-electron chi connectivity index (χ2n) is 3.14. The van der Waals surface area contributed by atoms with Crippen molar-refractivity contribution < 1.29 is 0 Å². The number of anilines is 1. The van der Waals surface area contributed by atoms with Crippen molar-refractivity contribution in [3.8, 4) is 0 Å². The number of hydrogen-bond donors (Lipinski definition) is 1. The fraction of sp³-hybridized carbons (Fsp3) is 0.0769. The zero-order valence-electron chi connectivity index (χ0n) is 7.98. The number of benzene rings is 1. The van der Waals surface area contributed by atoms with Crippen molar-refractivity contribution >= 4 is 11.8 Å². The fourth-order valence-electron chi connectivity index (χ4n) is 1.41. The highest BCUT2D eigenvalue weighted by atomic mass is 14.9. The predicted octanol–water partition coefficient (Wildman–Crippen LogP) is 3.24. The maximum Gasteiger partial charge on any atom is 0.0416 e. The summed E-state index contributed by atoms with van der Waals surface area (Å²) in [5, 5.41) is 3.36. The molecule has 0 saturated heterocycles. The topological polar surface area (TPSA) is 12.0 Å². The highest BCUT2D eigenvalue weighted by Crippen LogP contribution is 2.16. The van der Waals surface area contributed by atoms with Gasteiger partial charge in [0.15, 0.2) is 0 Å². The molecule has 0 amide bonds. The van der Waals surface area contributed by atoms with Gasteiger partial charge >= 0.3 is 0 Å². The van der Waals surface area contributed by atoms with Gasteiger partial charge in [0.1, 0.15) is 0 Å². The SMILES string of the molecule is C1=C\C=C\c2ccccc2NC/C=C/1. The standard InChI is InChI=1S/C13H13N/c1-2-4-8-12-9-5-6-10-13(12)14-11-7-3-1/h1-10,14H,11H2/b2-1-,7-3+,8-4+. The van der Waals surface area contributed by atoms with E-state index in [9.17, 15) is 0 Å². The van der Waals surface area contributed by atoms with Gasteiger partial charge in [0.2, 0.25) is 0 Å². The van der Waals surface area contributed by atoms with E-state index in [0.717, 1.165) is 6.54 Å². The molecule has 0 radical (unpaired) electrons. The second-order valence-corrected chi connectivity index (χ2v) is 3.14. The van der Waals surface area contributed by atoms with Gasteiger partial charge in [-0.05, 0) is 11.6 Å². The van der Waals surface area contributed by atoms with Crippen LogP contribution in [0.25, 0.3) is 6.08 Å². The Morgan fingerprint density at radius 2 is 1.79 bits per heavy atom. The molecule has 1 aliphatic rings. The Kier molecular flexibility index (Phi) is 2.82. The molecule has 0 aromatic heterocycles. The Morgan fingerprint density at radius 3 is 2.79 bits per heavy atom. The first-order valence-electron chi connectivity index (χ1n) is 4.79. The molecule has 1 aromatic carbocycles. The Hall–Kier alpha value is -1.76. The molecule has 1 aliphatic heterocycles. The highest BCUT2D eigenvalue weighted by molar-refractivity contribution is 5.67. The monoisotopic (exact) mass is 183 g/mol. The number of allylic oxidation sites excluding steroid dienone is 4. The lowest BCUT2D eigenvalue weighted by Gasteiger charge is -2.07. The molecule has 1 aromatic rings. The number of fused-ring (bicyclic) bond motifs is 1. The highest BCUT2D eigenvalue weighted by Gasteiger charge is 1.95. The minimum Gasteiger partial charge on any atom is -0.381 e. The molecule has 0 unspecified atom stereocenters.